The zero-order chi connectivity index (χ0) is 24.8. The summed E-state index contributed by atoms with van der Waals surface area (Å²) in [5.41, 5.74) is 2.96. The molecule has 0 spiro atoms. The lowest BCUT2D eigenvalue weighted by atomic mass is 9.96. The van der Waals surface area contributed by atoms with Crippen LogP contribution < -0.4 is 4.31 Å². The number of hydrogen-bond acceptors (Lipinski definition) is 4. The Hall–Kier alpha value is -3.16. The number of para-hydroxylation sites is 1. The molecule has 4 rings (SSSR count). The fourth-order valence-corrected chi connectivity index (χ4v) is 6.12. The summed E-state index contributed by atoms with van der Waals surface area (Å²) >= 11 is 0. The molecular weight excluding hydrogens is 458 g/mol. The average Bonchev–Trinajstić information content (AvgIpc) is 2.88. The molecular formula is C28H33N3O3S. The SMILES string of the molecule is CC[C@@H](C(=O)N1CCN(C(c2ccccc2)c2ccccc2)CC1)N(c1ccccc1)S(C)(=O)=O. The molecule has 0 aliphatic carbocycles. The lowest BCUT2D eigenvalue weighted by Gasteiger charge is -2.41. The van der Waals surface area contributed by atoms with Crippen LogP contribution in [0.1, 0.15) is 30.5 Å². The largest absolute Gasteiger partial charge is 0.338 e. The van der Waals surface area contributed by atoms with Crippen molar-refractivity contribution in [3.63, 3.8) is 0 Å². The molecule has 35 heavy (non-hydrogen) atoms. The number of rotatable bonds is 8. The molecule has 3 aromatic rings. The van der Waals surface area contributed by atoms with Crippen LogP contribution in [0, 0.1) is 0 Å². The normalized spacial score (nSPS) is 15.7. The van der Waals surface area contributed by atoms with Gasteiger partial charge < -0.3 is 4.90 Å². The van der Waals surface area contributed by atoms with E-state index in [0.717, 1.165) is 6.26 Å². The minimum Gasteiger partial charge on any atom is -0.338 e. The summed E-state index contributed by atoms with van der Waals surface area (Å²) in [6.45, 7) is 4.39. The maximum atomic E-state index is 13.6. The highest BCUT2D eigenvalue weighted by Crippen LogP contribution is 2.30. The Labute approximate surface area is 208 Å². The molecule has 3 aromatic carbocycles. The van der Waals surface area contributed by atoms with Gasteiger partial charge in [-0.2, -0.15) is 0 Å². The number of amides is 1. The predicted molar refractivity (Wildman–Crippen MR) is 141 cm³/mol. The Bertz CT molecular complexity index is 1160. The molecule has 1 fully saturated rings. The monoisotopic (exact) mass is 491 g/mol. The second-order valence-corrected chi connectivity index (χ2v) is 10.8. The number of carbonyl (C=O) groups is 1. The third kappa shape index (κ3) is 5.74. The summed E-state index contributed by atoms with van der Waals surface area (Å²) in [7, 11) is -3.63. The number of hydrogen-bond donors (Lipinski definition) is 0. The zero-order valence-corrected chi connectivity index (χ0v) is 21.1. The predicted octanol–water partition coefficient (Wildman–Crippen LogP) is 4.17. The van der Waals surface area contributed by atoms with Crippen LogP contribution in [-0.2, 0) is 14.8 Å². The van der Waals surface area contributed by atoms with Crippen LogP contribution in [0.5, 0.6) is 0 Å². The van der Waals surface area contributed by atoms with Crippen LogP contribution in [0.25, 0.3) is 0 Å². The van der Waals surface area contributed by atoms with Crippen molar-refractivity contribution in [3.8, 4) is 0 Å². The summed E-state index contributed by atoms with van der Waals surface area (Å²) < 4.78 is 26.7. The van der Waals surface area contributed by atoms with Crippen LogP contribution in [0.3, 0.4) is 0 Å². The number of piperazine rings is 1. The standard InChI is InChI=1S/C28H33N3O3S/c1-3-26(31(35(2,33)34)25-17-11-6-12-18-25)28(32)30-21-19-29(20-22-30)27(23-13-7-4-8-14-23)24-15-9-5-10-16-24/h4-18,26-27H,3,19-22H2,1-2H3/t26-/m0/s1. The minimum atomic E-state index is -3.63. The molecule has 1 saturated heterocycles. The zero-order valence-electron chi connectivity index (χ0n) is 20.3. The van der Waals surface area contributed by atoms with E-state index in [2.05, 4.69) is 53.4 Å². The van der Waals surface area contributed by atoms with Gasteiger partial charge in [0.1, 0.15) is 6.04 Å². The van der Waals surface area contributed by atoms with E-state index in [-0.39, 0.29) is 11.9 Å². The van der Waals surface area contributed by atoms with Gasteiger partial charge in [0, 0.05) is 26.2 Å². The van der Waals surface area contributed by atoms with Crippen molar-refractivity contribution in [1.82, 2.24) is 9.80 Å². The Balaban J connectivity index is 1.53. The maximum absolute atomic E-state index is 13.6. The number of nitrogens with zero attached hydrogens (tertiary/aromatic N) is 3. The van der Waals surface area contributed by atoms with Crippen LogP contribution in [-0.4, -0.2) is 62.6 Å². The Morgan fingerprint density at radius 2 is 1.26 bits per heavy atom. The summed E-state index contributed by atoms with van der Waals surface area (Å²) in [5, 5.41) is 0. The van der Waals surface area contributed by atoms with Crippen LogP contribution >= 0.6 is 0 Å². The van der Waals surface area contributed by atoms with E-state index in [1.54, 1.807) is 24.3 Å². The van der Waals surface area contributed by atoms with Crippen molar-refractivity contribution in [2.24, 2.45) is 0 Å². The van der Waals surface area contributed by atoms with Crippen molar-refractivity contribution in [1.29, 1.82) is 0 Å². The first kappa shape index (κ1) is 24.9. The van der Waals surface area contributed by atoms with E-state index in [9.17, 15) is 13.2 Å². The topological polar surface area (TPSA) is 60.9 Å². The molecule has 0 radical (unpaired) electrons. The van der Waals surface area contributed by atoms with E-state index in [4.69, 9.17) is 0 Å². The van der Waals surface area contributed by atoms with Gasteiger partial charge in [-0.1, -0.05) is 85.8 Å². The summed E-state index contributed by atoms with van der Waals surface area (Å²) in [6, 6.07) is 29.1. The lowest BCUT2D eigenvalue weighted by Crippen LogP contribution is -2.56. The third-order valence-electron chi connectivity index (χ3n) is 6.54. The Morgan fingerprint density at radius 3 is 1.69 bits per heavy atom. The van der Waals surface area contributed by atoms with Gasteiger partial charge in [0.05, 0.1) is 18.0 Å². The van der Waals surface area contributed by atoms with Gasteiger partial charge in [0.2, 0.25) is 15.9 Å². The van der Waals surface area contributed by atoms with Crippen molar-refractivity contribution < 1.29 is 13.2 Å². The van der Waals surface area contributed by atoms with Gasteiger partial charge in [-0.3, -0.25) is 14.0 Å². The van der Waals surface area contributed by atoms with Gasteiger partial charge in [-0.25, -0.2) is 8.42 Å². The Kier molecular flexibility index (Phi) is 7.88. The van der Waals surface area contributed by atoms with Crippen molar-refractivity contribution in [2.75, 3.05) is 36.7 Å². The summed E-state index contributed by atoms with van der Waals surface area (Å²) in [6.07, 6.45) is 1.57. The average molecular weight is 492 g/mol. The van der Waals surface area contributed by atoms with Gasteiger partial charge in [-0.15, -0.1) is 0 Å². The molecule has 0 aromatic heterocycles. The third-order valence-corrected chi connectivity index (χ3v) is 7.72. The number of benzene rings is 3. The van der Waals surface area contributed by atoms with Gasteiger partial charge in [0.25, 0.3) is 0 Å². The quantitative estimate of drug-likeness (QED) is 0.475. The molecule has 0 bridgehead atoms. The lowest BCUT2D eigenvalue weighted by molar-refractivity contribution is -0.134. The summed E-state index contributed by atoms with van der Waals surface area (Å²) in [5.74, 6) is -0.141. The Morgan fingerprint density at radius 1 is 0.800 bits per heavy atom. The van der Waals surface area contributed by atoms with Gasteiger partial charge in [0.15, 0.2) is 0 Å². The molecule has 0 unspecified atom stereocenters. The molecule has 6 nitrogen and oxygen atoms in total. The van der Waals surface area contributed by atoms with E-state index < -0.39 is 16.1 Å². The highest BCUT2D eigenvalue weighted by Gasteiger charge is 2.36. The molecule has 0 N–H and O–H groups in total. The van der Waals surface area contributed by atoms with Crippen molar-refractivity contribution >= 4 is 21.6 Å². The smallest absolute Gasteiger partial charge is 0.246 e. The van der Waals surface area contributed by atoms with Crippen LogP contribution in [0.4, 0.5) is 5.69 Å². The second kappa shape index (κ2) is 11.1. The van der Waals surface area contributed by atoms with Crippen LogP contribution in [0.15, 0.2) is 91.0 Å². The highest BCUT2D eigenvalue weighted by atomic mass is 32.2. The number of sulfonamides is 1. The van der Waals surface area contributed by atoms with Crippen LogP contribution in [0.2, 0.25) is 0 Å². The van der Waals surface area contributed by atoms with E-state index >= 15 is 0 Å². The number of carbonyl (C=O) groups excluding carboxylic acids is 1. The molecule has 184 valence electrons. The first-order valence-corrected chi connectivity index (χ1v) is 13.9. The molecule has 7 heteroatoms. The first-order chi connectivity index (χ1) is 16.9. The first-order valence-electron chi connectivity index (χ1n) is 12.1. The van der Waals surface area contributed by atoms with E-state index in [1.165, 1.54) is 15.4 Å². The molecule has 1 aliphatic rings. The fraction of sp³-hybridized carbons (Fsp3) is 0.321. The maximum Gasteiger partial charge on any atom is 0.246 e. The van der Waals surface area contributed by atoms with Gasteiger partial charge >= 0.3 is 0 Å². The molecule has 0 saturated carbocycles. The second-order valence-electron chi connectivity index (χ2n) is 8.90. The number of anilines is 1. The van der Waals surface area contributed by atoms with Gasteiger partial charge in [-0.05, 0) is 29.7 Å². The highest BCUT2D eigenvalue weighted by molar-refractivity contribution is 7.92. The van der Waals surface area contributed by atoms with Crippen molar-refractivity contribution in [3.05, 3.63) is 102 Å². The minimum absolute atomic E-state index is 0.105. The molecule has 1 atom stereocenters. The van der Waals surface area contributed by atoms with E-state index in [1.807, 2.05) is 30.0 Å². The molecule has 1 aliphatic heterocycles. The molecule has 1 amide bonds. The van der Waals surface area contributed by atoms with Crippen molar-refractivity contribution in [2.45, 2.75) is 25.4 Å². The molecule has 1 heterocycles. The summed E-state index contributed by atoms with van der Waals surface area (Å²) in [4.78, 5) is 17.8. The fourth-order valence-electron chi connectivity index (χ4n) is 4.91. The van der Waals surface area contributed by atoms with E-state index in [0.29, 0.717) is 38.3 Å².